The number of rotatable bonds is 1. The third-order valence-electron chi connectivity index (χ3n) is 4.22. The summed E-state index contributed by atoms with van der Waals surface area (Å²) in [7, 11) is 0. The van der Waals surface area contributed by atoms with Gasteiger partial charge in [-0.25, -0.2) is 0 Å². The maximum absolute atomic E-state index is 11.7. The molecule has 0 amide bonds. The molecule has 3 nitrogen and oxygen atoms in total. The van der Waals surface area contributed by atoms with E-state index >= 15 is 0 Å². The molecule has 0 bridgehead atoms. The molecular formula is C13H20O3. The van der Waals surface area contributed by atoms with Crippen LogP contribution in [0.25, 0.3) is 0 Å². The van der Waals surface area contributed by atoms with Crippen molar-refractivity contribution in [2.45, 2.75) is 44.8 Å². The highest BCUT2D eigenvalue weighted by Crippen LogP contribution is 2.42. The van der Waals surface area contributed by atoms with E-state index in [1.54, 1.807) is 0 Å². The fraction of sp³-hybridized carbons (Fsp3) is 0.769. The van der Waals surface area contributed by atoms with Gasteiger partial charge in [-0.05, 0) is 32.1 Å². The minimum absolute atomic E-state index is 0.0333. The highest BCUT2D eigenvalue weighted by Gasteiger charge is 2.45. The number of fused-ring (bicyclic) bond motifs is 1. The van der Waals surface area contributed by atoms with E-state index < -0.39 is 12.2 Å². The van der Waals surface area contributed by atoms with Crippen molar-refractivity contribution >= 4 is 5.78 Å². The molecule has 0 radical (unpaired) electrons. The van der Waals surface area contributed by atoms with Crippen molar-refractivity contribution in [1.82, 2.24) is 0 Å². The molecule has 0 spiro atoms. The number of hydrogen-bond acceptors (Lipinski definition) is 3. The first-order chi connectivity index (χ1) is 7.52. The molecule has 2 aliphatic rings. The average Bonchev–Trinajstić information content (AvgIpc) is 2.50. The van der Waals surface area contributed by atoms with Crippen molar-refractivity contribution < 1.29 is 15.0 Å². The summed E-state index contributed by atoms with van der Waals surface area (Å²) in [5.41, 5.74) is 0.819. The Balaban J connectivity index is 2.25. The van der Waals surface area contributed by atoms with Gasteiger partial charge in [0.1, 0.15) is 5.78 Å². The molecule has 5 atom stereocenters. The maximum atomic E-state index is 11.7. The highest BCUT2D eigenvalue weighted by atomic mass is 16.3. The normalized spacial score (nSPS) is 43.9. The zero-order chi connectivity index (χ0) is 11.9. The highest BCUT2D eigenvalue weighted by molar-refractivity contribution is 5.83. The van der Waals surface area contributed by atoms with Crippen LogP contribution in [-0.4, -0.2) is 28.2 Å². The van der Waals surface area contributed by atoms with Crippen LogP contribution in [0.15, 0.2) is 12.2 Å². The summed E-state index contributed by atoms with van der Waals surface area (Å²) in [5, 5.41) is 20.3. The number of ketones is 1. The van der Waals surface area contributed by atoms with Crippen LogP contribution >= 0.6 is 0 Å². The predicted molar refractivity (Wildman–Crippen MR) is 60.8 cm³/mol. The molecule has 2 rings (SSSR count). The Morgan fingerprint density at radius 2 is 2.00 bits per heavy atom. The summed E-state index contributed by atoms with van der Waals surface area (Å²) in [6.07, 6.45) is 1.51. The Morgan fingerprint density at radius 3 is 2.62 bits per heavy atom. The van der Waals surface area contributed by atoms with E-state index in [0.29, 0.717) is 19.3 Å². The number of carbonyl (C=O) groups excluding carboxylic acids is 1. The van der Waals surface area contributed by atoms with Gasteiger partial charge in [-0.1, -0.05) is 12.2 Å². The van der Waals surface area contributed by atoms with E-state index in [1.807, 2.05) is 6.92 Å². The maximum Gasteiger partial charge on any atom is 0.136 e. The molecule has 5 unspecified atom stereocenters. The van der Waals surface area contributed by atoms with Gasteiger partial charge in [-0.3, -0.25) is 4.79 Å². The topological polar surface area (TPSA) is 57.5 Å². The lowest BCUT2D eigenvalue weighted by molar-refractivity contribution is -0.122. The van der Waals surface area contributed by atoms with Gasteiger partial charge < -0.3 is 10.2 Å². The van der Waals surface area contributed by atoms with Crippen molar-refractivity contribution in [3.63, 3.8) is 0 Å². The van der Waals surface area contributed by atoms with Gasteiger partial charge in [0, 0.05) is 18.3 Å². The Kier molecular flexibility index (Phi) is 3.17. The van der Waals surface area contributed by atoms with Crippen molar-refractivity contribution in [3.05, 3.63) is 12.2 Å². The van der Waals surface area contributed by atoms with Crippen LogP contribution in [0.5, 0.6) is 0 Å². The van der Waals surface area contributed by atoms with Gasteiger partial charge in [0.15, 0.2) is 0 Å². The van der Waals surface area contributed by atoms with Gasteiger partial charge in [0.2, 0.25) is 0 Å². The molecule has 16 heavy (non-hydrogen) atoms. The Hall–Kier alpha value is -0.670. The van der Waals surface area contributed by atoms with E-state index in [4.69, 9.17) is 0 Å². The second-order valence-corrected chi connectivity index (χ2v) is 5.28. The standard InChI is InChI=1S/C13H20O3/c1-7(2)12-11(15)6-3-8-9(13(12)16)4-5-10(8)14/h8-9,11-13,15-16H,1,3-6H2,2H3. The number of Topliss-reactive ketones (excluding diaryl/α,β-unsaturated/α-hetero) is 1. The molecule has 0 aliphatic heterocycles. The predicted octanol–water partition coefficient (Wildman–Crippen LogP) is 1.29. The lowest BCUT2D eigenvalue weighted by atomic mass is 9.82. The van der Waals surface area contributed by atoms with Crippen LogP contribution in [0.4, 0.5) is 0 Å². The molecule has 0 saturated heterocycles. The van der Waals surface area contributed by atoms with Gasteiger partial charge in [0.05, 0.1) is 12.2 Å². The first kappa shape index (κ1) is 11.8. The largest absolute Gasteiger partial charge is 0.392 e. The smallest absolute Gasteiger partial charge is 0.136 e. The molecule has 0 aromatic heterocycles. The quantitative estimate of drug-likeness (QED) is 0.660. The van der Waals surface area contributed by atoms with Crippen LogP contribution in [0.3, 0.4) is 0 Å². The van der Waals surface area contributed by atoms with Crippen LogP contribution in [0.2, 0.25) is 0 Å². The second-order valence-electron chi connectivity index (χ2n) is 5.28. The van der Waals surface area contributed by atoms with Crippen LogP contribution in [0, 0.1) is 17.8 Å². The Morgan fingerprint density at radius 1 is 1.31 bits per heavy atom. The summed E-state index contributed by atoms with van der Waals surface area (Å²) < 4.78 is 0. The van der Waals surface area contributed by atoms with Gasteiger partial charge in [-0.2, -0.15) is 0 Å². The molecule has 90 valence electrons. The third kappa shape index (κ3) is 1.82. The molecule has 2 N–H and O–H groups in total. The summed E-state index contributed by atoms with van der Waals surface area (Å²) in [6, 6.07) is 0. The van der Waals surface area contributed by atoms with Crippen LogP contribution < -0.4 is 0 Å². The number of hydrogen-bond donors (Lipinski definition) is 2. The van der Waals surface area contributed by atoms with E-state index in [9.17, 15) is 15.0 Å². The van der Waals surface area contributed by atoms with Crippen molar-refractivity contribution in [1.29, 1.82) is 0 Å². The van der Waals surface area contributed by atoms with Gasteiger partial charge in [0.25, 0.3) is 0 Å². The minimum Gasteiger partial charge on any atom is -0.392 e. The lowest BCUT2D eigenvalue weighted by Gasteiger charge is -2.29. The lowest BCUT2D eigenvalue weighted by Crippen LogP contribution is -2.36. The fourth-order valence-electron chi connectivity index (χ4n) is 3.36. The first-order valence-electron chi connectivity index (χ1n) is 6.06. The summed E-state index contributed by atoms with van der Waals surface area (Å²) in [5.74, 6) is -0.000125. The third-order valence-corrected chi connectivity index (χ3v) is 4.22. The van der Waals surface area contributed by atoms with Crippen LogP contribution in [0.1, 0.15) is 32.6 Å². The second kappa shape index (κ2) is 4.30. The molecule has 0 aromatic carbocycles. The molecule has 2 fully saturated rings. The van der Waals surface area contributed by atoms with E-state index in [0.717, 1.165) is 12.0 Å². The van der Waals surface area contributed by atoms with E-state index in [2.05, 4.69) is 6.58 Å². The molecule has 2 aliphatic carbocycles. The number of carbonyl (C=O) groups is 1. The zero-order valence-corrected chi connectivity index (χ0v) is 9.72. The SMILES string of the molecule is C=C(C)C1C(O)CCC2C(=O)CCC2C1O. The van der Waals surface area contributed by atoms with Crippen molar-refractivity contribution in [2.75, 3.05) is 0 Å². The van der Waals surface area contributed by atoms with Crippen molar-refractivity contribution in [3.8, 4) is 0 Å². The number of aliphatic hydroxyl groups is 2. The molecular weight excluding hydrogens is 204 g/mol. The summed E-state index contributed by atoms with van der Waals surface area (Å²) in [4.78, 5) is 11.7. The zero-order valence-electron chi connectivity index (χ0n) is 9.72. The van der Waals surface area contributed by atoms with Crippen molar-refractivity contribution in [2.24, 2.45) is 17.8 Å². The van der Waals surface area contributed by atoms with Gasteiger partial charge in [-0.15, -0.1) is 0 Å². The average molecular weight is 224 g/mol. The fourth-order valence-corrected chi connectivity index (χ4v) is 3.36. The van der Waals surface area contributed by atoms with Gasteiger partial charge >= 0.3 is 0 Å². The number of aliphatic hydroxyl groups excluding tert-OH is 2. The molecule has 3 heteroatoms. The Labute approximate surface area is 96.2 Å². The monoisotopic (exact) mass is 224 g/mol. The van der Waals surface area contributed by atoms with Crippen LogP contribution in [-0.2, 0) is 4.79 Å². The Bertz CT molecular complexity index is 310. The summed E-state index contributed by atoms with van der Waals surface area (Å²) in [6.45, 7) is 5.69. The molecule has 0 aromatic rings. The molecule has 2 saturated carbocycles. The summed E-state index contributed by atoms with van der Waals surface area (Å²) >= 11 is 0. The minimum atomic E-state index is -0.605. The van der Waals surface area contributed by atoms with E-state index in [-0.39, 0.29) is 23.5 Å². The molecule has 0 heterocycles. The first-order valence-corrected chi connectivity index (χ1v) is 6.06. The van der Waals surface area contributed by atoms with E-state index in [1.165, 1.54) is 0 Å².